The first-order valence-electron chi connectivity index (χ1n) is 7.34. The van der Waals surface area contributed by atoms with Crippen molar-refractivity contribution in [2.45, 2.75) is 39.3 Å². The number of aliphatic hydroxyl groups is 1. The maximum Gasteiger partial charge on any atom is 0.194 e. The summed E-state index contributed by atoms with van der Waals surface area (Å²) in [4.78, 5) is 5.45. The standard InChI is InChI=1S/C16H19F3N2OS/c1-4-14-21-9(3)16(23-14)8(2)20-13(7-22)10-5-11(17)15(19)12(18)6-10/h5-6,8,13,20,22H,4,7H2,1-3H3. The first kappa shape index (κ1) is 17.9. The number of thiazole rings is 1. The van der Waals surface area contributed by atoms with Gasteiger partial charge in [0.1, 0.15) is 0 Å². The van der Waals surface area contributed by atoms with E-state index in [9.17, 15) is 18.3 Å². The molecule has 0 amide bonds. The number of rotatable bonds is 6. The van der Waals surface area contributed by atoms with Crippen LogP contribution in [0.2, 0.25) is 0 Å². The van der Waals surface area contributed by atoms with Crippen molar-refractivity contribution in [2.24, 2.45) is 0 Å². The predicted octanol–water partition coefficient (Wildman–Crippen LogP) is 3.82. The molecule has 1 aromatic heterocycles. The van der Waals surface area contributed by atoms with Crippen LogP contribution in [0.5, 0.6) is 0 Å². The molecule has 2 aromatic rings. The Labute approximate surface area is 137 Å². The van der Waals surface area contributed by atoms with Crippen molar-refractivity contribution in [1.82, 2.24) is 10.3 Å². The summed E-state index contributed by atoms with van der Waals surface area (Å²) in [5.74, 6) is -4.05. The minimum atomic E-state index is -1.51. The smallest absolute Gasteiger partial charge is 0.194 e. The highest BCUT2D eigenvalue weighted by molar-refractivity contribution is 7.11. The number of hydrogen-bond donors (Lipinski definition) is 2. The van der Waals surface area contributed by atoms with Gasteiger partial charge in [-0.15, -0.1) is 11.3 Å². The zero-order chi connectivity index (χ0) is 17.1. The van der Waals surface area contributed by atoms with Crippen LogP contribution in [0.15, 0.2) is 12.1 Å². The molecule has 0 bridgehead atoms. The lowest BCUT2D eigenvalue weighted by molar-refractivity contribution is 0.235. The van der Waals surface area contributed by atoms with Gasteiger partial charge in [0.15, 0.2) is 17.5 Å². The molecule has 0 saturated heterocycles. The fourth-order valence-electron chi connectivity index (χ4n) is 2.43. The molecule has 1 heterocycles. The van der Waals surface area contributed by atoms with Crippen molar-refractivity contribution in [3.8, 4) is 0 Å². The lowest BCUT2D eigenvalue weighted by atomic mass is 10.1. The Bertz CT molecular complexity index is 667. The van der Waals surface area contributed by atoms with Crippen LogP contribution in [-0.2, 0) is 6.42 Å². The van der Waals surface area contributed by atoms with Crippen molar-refractivity contribution in [3.05, 3.63) is 50.7 Å². The van der Waals surface area contributed by atoms with E-state index in [1.165, 1.54) is 0 Å². The quantitative estimate of drug-likeness (QED) is 0.783. The third-order valence-electron chi connectivity index (χ3n) is 3.61. The van der Waals surface area contributed by atoms with Crippen LogP contribution >= 0.6 is 11.3 Å². The maximum atomic E-state index is 13.4. The van der Waals surface area contributed by atoms with Crippen LogP contribution in [0.1, 0.15) is 47.1 Å². The maximum absolute atomic E-state index is 13.4. The van der Waals surface area contributed by atoms with Crippen molar-refractivity contribution >= 4 is 11.3 Å². The molecule has 0 radical (unpaired) electrons. The predicted molar refractivity (Wildman–Crippen MR) is 83.9 cm³/mol. The van der Waals surface area contributed by atoms with E-state index < -0.39 is 23.5 Å². The summed E-state index contributed by atoms with van der Waals surface area (Å²) in [6.07, 6.45) is 0.829. The van der Waals surface area contributed by atoms with Crippen molar-refractivity contribution in [3.63, 3.8) is 0 Å². The molecule has 0 aliphatic carbocycles. The second-order valence-corrected chi connectivity index (χ2v) is 6.45. The average Bonchev–Trinajstić information content (AvgIpc) is 2.90. The lowest BCUT2D eigenvalue weighted by Gasteiger charge is -2.22. The molecule has 2 N–H and O–H groups in total. The van der Waals surface area contributed by atoms with Crippen LogP contribution in [0.25, 0.3) is 0 Å². The molecule has 0 fully saturated rings. The summed E-state index contributed by atoms with van der Waals surface area (Å²) in [7, 11) is 0. The number of nitrogens with zero attached hydrogens (tertiary/aromatic N) is 1. The Morgan fingerprint density at radius 2 is 1.87 bits per heavy atom. The monoisotopic (exact) mass is 344 g/mol. The van der Waals surface area contributed by atoms with Gasteiger partial charge in [-0.1, -0.05) is 6.92 Å². The minimum absolute atomic E-state index is 0.161. The average molecular weight is 344 g/mol. The largest absolute Gasteiger partial charge is 0.394 e. The highest BCUT2D eigenvalue weighted by Crippen LogP contribution is 2.28. The molecule has 0 spiro atoms. The lowest BCUT2D eigenvalue weighted by Crippen LogP contribution is -2.27. The Morgan fingerprint density at radius 3 is 2.35 bits per heavy atom. The van der Waals surface area contributed by atoms with Crippen molar-refractivity contribution in [2.75, 3.05) is 6.61 Å². The molecule has 0 aliphatic rings. The first-order chi connectivity index (χ1) is 10.9. The summed E-state index contributed by atoms with van der Waals surface area (Å²) in [5, 5.41) is 13.7. The molecule has 23 heavy (non-hydrogen) atoms. The number of aryl methyl sites for hydroxylation is 2. The van der Waals surface area contributed by atoms with Gasteiger partial charge in [-0.05, 0) is 38.0 Å². The summed E-state index contributed by atoms with van der Waals surface area (Å²) in [5.41, 5.74) is 1.05. The zero-order valence-electron chi connectivity index (χ0n) is 13.2. The minimum Gasteiger partial charge on any atom is -0.394 e. The molecule has 2 atom stereocenters. The molecule has 3 nitrogen and oxygen atoms in total. The van der Waals surface area contributed by atoms with E-state index in [1.54, 1.807) is 11.3 Å². The van der Waals surface area contributed by atoms with E-state index in [1.807, 2.05) is 20.8 Å². The number of aromatic nitrogens is 1. The van der Waals surface area contributed by atoms with Gasteiger partial charge < -0.3 is 10.4 Å². The van der Waals surface area contributed by atoms with Gasteiger partial charge in [0.2, 0.25) is 0 Å². The van der Waals surface area contributed by atoms with Crippen LogP contribution in [0, 0.1) is 24.4 Å². The van der Waals surface area contributed by atoms with Gasteiger partial charge in [0.25, 0.3) is 0 Å². The fraction of sp³-hybridized carbons (Fsp3) is 0.438. The second-order valence-electron chi connectivity index (χ2n) is 5.33. The van der Waals surface area contributed by atoms with E-state index in [4.69, 9.17) is 0 Å². The molecule has 0 aliphatic heterocycles. The molecule has 126 valence electrons. The summed E-state index contributed by atoms with van der Waals surface area (Å²) in [6, 6.07) is 0.925. The Hall–Kier alpha value is -1.44. The van der Waals surface area contributed by atoms with Crippen molar-refractivity contribution in [1.29, 1.82) is 0 Å². The van der Waals surface area contributed by atoms with Crippen LogP contribution in [0.4, 0.5) is 13.2 Å². The highest BCUT2D eigenvalue weighted by atomic mass is 32.1. The Morgan fingerprint density at radius 1 is 1.26 bits per heavy atom. The van der Waals surface area contributed by atoms with E-state index in [0.29, 0.717) is 0 Å². The first-order valence-corrected chi connectivity index (χ1v) is 8.16. The van der Waals surface area contributed by atoms with Gasteiger partial charge in [0.05, 0.1) is 23.4 Å². The number of aliphatic hydroxyl groups excluding tert-OH is 1. The highest BCUT2D eigenvalue weighted by Gasteiger charge is 2.21. The summed E-state index contributed by atoms with van der Waals surface area (Å²) < 4.78 is 39.8. The molecule has 7 heteroatoms. The van der Waals surface area contributed by atoms with Gasteiger partial charge in [0, 0.05) is 10.9 Å². The van der Waals surface area contributed by atoms with Gasteiger partial charge >= 0.3 is 0 Å². The third kappa shape index (κ3) is 3.91. The van der Waals surface area contributed by atoms with Crippen LogP contribution in [-0.4, -0.2) is 16.7 Å². The van der Waals surface area contributed by atoms with Gasteiger partial charge in [-0.25, -0.2) is 18.2 Å². The molecular weight excluding hydrogens is 325 g/mol. The number of halogens is 3. The van der Waals surface area contributed by atoms with E-state index in [2.05, 4.69) is 10.3 Å². The Kier molecular flexibility index (Phi) is 5.78. The van der Waals surface area contributed by atoms with E-state index in [-0.39, 0.29) is 18.2 Å². The topological polar surface area (TPSA) is 45.2 Å². The molecule has 2 rings (SSSR count). The van der Waals surface area contributed by atoms with Gasteiger partial charge in [-0.3, -0.25) is 0 Å². The number of nitrogens with one attached hydrogen (secondary N) is 1. The molecule has 2 unspecified atom stereocenters. The summed E-state index contributed by atoms with van der Waals surface area (Å²) >= 11 is 1.56. The normalized spacial score (nSPS) is 14.0. The second kappa shape index (κ2) is 7.42. The molecule has 0 saturated carbocycles. The third-order valence-corrected chi connectivity index (χ3v) is 5.10. The SMILES string of the molecule is CCc1nc(C)c(C(C)NC(CO)c2cc(F)c(F)c(F)c2)s1. The summed E-state index contributed by atoms with van der Waals surface area (Å²) in [6.45, 7) is 5.43. The van der Waals surface area contributed by atoms with Crippen LogP contribution in [0.3, 0.4) is 0 Å². The zero-order valence-corrected chi connectivity index (χ0v) is 14.0. The number of benzene rings is 1. The van der Waals surface area contributed by atoms with Gasteiger partial charge in [-0.2, -0.15) is 0 Å². The van der Waals surface area contributed by atoms with E-state index >= 15 is 0 Å². The van der Waals surface area contributed by atoms with E-state index in [0.717, 1.165) is 34.1 Å². The Balaban J connectivity index is 2.23. The fourth-order valence-corrected chi connectivity index (χ4v) is 3.45. The molecular formula is C16H19F3N2OS. The van der Waals surface area contributed by atoms with Crippen molar-refractivity contribution < 1.29 is 18.3 Å². The molecule has 1 aromatic carbocycles. The number of hydrogen-bond acceptors (Lipinski definition) is 4. The van der Waals surface area contributed by atoms with Crippen LogP contribution < -0.4 is 5.32 Å².